The Morgan fingerprint density at radius 2 is 1.38 bits per heavy atom. The summed E-state index contributed by atoms with van der Waals surface area (Å²) in [6, 6.07) is 13.5. The first-order valence-electron chi connectivity index (χ1n) is 13.0. The fourth-order valence-corrected chi connectivity index (χ4v) is 4.85. The number of aliphatic hydroxyl groups excluding tert-OH is 1. The second-order valence-corrected chi connectivity index (χ2v) is 9.95. The van der Waals surface area contributed by atoms with Gasteiger partial charge in [0, 0.05) is 50.7 Å². The monoisotopic (exact) mass is 597 g/mol. The second-order valence-electron chi connectivity index (χ2n) is 9.95. The summed E-state index contributed by atoms with van der Waals surface area (Å²) in [7, 11) is 0. The van der Waals surface area contributed by atoms with E-state index in [0.29, 0.717) is 56.0 Å². The highest BCUT2D eigenvalue weighted by Gasteiger charge is 2.71. The molecule has 7 nitrogen and oxygen atoms in total. The number of piperazine rings is 1. The lowest BCUT2D eigenvalue weighted by Gasteiger charge is -2.40. The molecular formula is C29H29F6N3O4. The molecule has 0 radical (unpaired) electrons. The van der Waals surface area contributed by atoms with Crippen molar-refractivity contribution in [2.24, 2.45) is 0 Å². The van der Waals surface area contributed by atoms with E-state index in [2.05, 4.69) is 9.88 Å². The quantitative estimate of drug-likeness (QED) is 0.281. The maximum atomic E-state index is 13.2. The van der Waals surface area contributed by atoms with Crippen LogP contribution in [-0.4, -0.2) is 82.2 Å². The molecule has 3 aromatic rings. The van der Waals surface area contributed by atoms with E-state index in [4.69, 9.17) is 9.84 Å². The molecule has 2 heterocycles. The van der Waals surface area contributed by atoms with E-state index >= 15 is 0 Å². The molecule has 1 aromatic heterocycles. The van der Waals surface area contributed by atoms with Gasteiger partial charge in [0.25, 0.3) is 5.60 Å². The third kappa shape index (κ3) is 6.92. The lowest BCUT2D eigenvalue weighted by atomic mass is 9.90. The topological polar surface area (TPSA) is 86.1 Å². The van der Waals surface area contributed by atoms with Crippen LogP contribution in [0.3, 0.4) is 0 Å². The number of hydrogen-bond acceptors (Lipinski definition) is 7. The zero-order chi connectivity index (χ0) is 30.5. The molecule has 42 heavy (non-hydrogen) atoms. The van der Waals surface area contributed by atoms with Crippen molar-refractivity contribution in [1.29, 1.82) is 0 Å². The fourth-order valence-electron chi connectivity index (χ4n) is 4.85. The van der Waals surface area contributed by atoms with Crippen molar-refractivity contribution in [3.8, 4) is 11.1 Å². The largest absolute Gasteiger partial charge is 0.462 e. The van der Waals surface area contributed by atoms with E-state index < -0.39 is 35.5 Å². The molecule has 1 fully saturated rings. The molecule has 0 saturated carbocycles. The number of aromatic nitrogens is 1. The maximum Gasteiger partial charge on any atom is 0.430 e. The SMILES string of the molecule is O=C(OCCO)C1CN(Cc2ccc(-c3ccc(C(O)(C(F)(F)F)C(F)(F)F)cc3)cc2)CCN1Cc1ccncc1. The predicted octanol–water partition coefficient (Wildman–Crippen LogP) is 4.28. The Balaban J connectivity index is 1.44. The van der Waals surface area contributed by atoms with Gasteiger partial charge in [0.05, 0.1) is 6.61 Å². The van der Waals surface area contributed by atoms with Crippen LogP contribution in [0.15, 0.2) is 73.1 Å². The van der Waals surface area contributed by atoms with E-state index in [9.17, 15) is 36.2 Å². The fraction of sp³-hybridized carbons (Fsp3) is 0.379. The minimum absolute atomic E-state index is 0.105. The summed E-state index contributed by atoms with van der Waals surface area (Å²) in [5, 5.41) is 18.7. The average molecular weight is 598 g/mol. The number of rotatable bonds is 9. The van der Waals surface area contributed by atoms with Crippen LogP contribution < -0.4 is 0 Å². The number of halogens is 6. The smallest absolute Gasteiger partial charge is 0.430 e. The van der Waals surface area contributed by atoms with Crippen LogP contribution in [0.5, 0.6) is 0 Å². The summed E-state index contributed by atoms with van der Waals surface area (Å²) >= 11 is 0. The van der Waals surface area contributed by atoms with Gasteiger partial charge in [0.15, 0.2) is 0 Å². The van der Waals surface area contributed by atoms with Crippen LogP contribution in [0, 0.1) is 0 Å². The first-order chi connectivity index (χ1) is 19.8. The highest BCUT2D eigenvalue weighted by atomic mass is 19.4. The normalized spacial score (nSPS) is 17.3. The Kier molecular flexibility index (Phi) is 9.56. The molecule has 13 heteroatoms. The summed E-state index contributed by atoms with van der Waals surface area (Å²) in [4.78, 5) is 20.9. The van der Waals surface area contributed by atoms with Crippen molar-refractivity contribution in [2.75, 3.05) is 32.8 Å². The van der Waals surface area contributed by atoms with Gasteiger partial charge in [-0.25, -0.2) is 0 Å². The zero-order valence-corrected chi connectivity index (χ0v) is 22.3. The van der Waals surface area contributed by atoms with Gasteiger partial charge in [-0.1, -0.05) is 48.5 Å². The van der Waals surface area contributed by atoms with E-state index in [0.717, 1.165) is 23.3 Å². The van der Waals surface area contributed by atoms with Crippen molar-refractivity contribution >= 4 is 5.97 Å². The number of nitrogens with zero attached hydrogens (tertiary/aromatic N) is 3. The number of pyridine rings is 1. The molecule has 2 aromatic carbocycles. The summed E-state index contributed by atoms with van der Waals surface area (Å²) < 4.78 is 84.3. The lowest BCUT2D eigenvalue weighted by molar-refractivity contribution is -0.376. The van der Waals surface area contributed by atoms with E-state index in [-0.39, 0.29) is 13.2 Å². The molecule has 1 saturated heterocycles. The van der Waals surface area contributed by atoms with Crippen molar-refractivity contribution in [1.82, 2.24) is 14.8 Å². The van der Waals surface area contributed by atoms with Crippen LogP contribution in [0.1, 0.15) is 16.7 Å². The van der Waals surface area contributed by atoms with Gasteiger partial charge in [-0.15, -0.1) is 0 Å². The van der Waals surface area contributed by atoms with Gasteiger partial charge in [0.1, 0.15) is 12.6 Å². The van der Waals surface area contributed by atoms with Crippen LogP contribution in [0.2, 0.25) is 0 Å². The van der Waals surface area contributed by atoms with Crippen molar-refractivity contribution in [3.05, 3.63) is 89.7 Å². The summed E-state index contributed by atoms with van der Waals surface area (Å²) in [6.45, 7) is 2.22. The Bertz CT molecular complexity index is 1300. The number of esters is 1. The molecular weight excluding hydrogens is 568 g/mol. The molecule has 1 atom stereocenters. The van der Waals surface area contributed by atoms with Gasteiger partial charge < -0.3 is 14.9 Å². The van der Waals surface area contributed by atoms with Crippen molar-refractivity contribution in [3.63, 3.8) is 0 Å². The number of aliphatic hydroxyl groups is 2. The van der Waals surface area contributed by atoms with Crippen LogP contribution in [0.4, 0.5) is 26.3 Å². The molecule has 1 aliphatic heterocycles. The number of carbonyl (C=O) groups excluding carboxylic acids is 1. The van der Waals surface area contributed by atoms with Crippen molar-refractivity contribution in [2.45, 2.75) is 37.1 Å². The minimum atomic E-state index is -5.95. The Morgan fingerprint density at radius 3 is 1.93 bits per heavy atom. The minimum Gasteiger partial charge on any atom is -0.462 e. The van der Waals surface area contributed by atoms with Gasteiger partial charge in [-0.2, -0.15) is 26.3 Å². The second kappa shape index (κ2) is 12.8. The number of hydrogen-bond donors (Lipinski definition) is 2. The number of alkyl halides is 6. The number of carbonyl (C=O) groups is 1. The maximum absolute atomic E-state index is 13.2. The first-order valence-corrected chi connectivity index (χ1v) is 13.0. The molecule has 1 unspecified atom stereocenters. The van der Waals surface area contributed by atoms with E-state index in [1.165, 1.54) is 0 Å². The molecule has 226 valence electrons. The highest BCUT2D eigenvalue weighted by molar-refractivity contribution is 5.76. The van der Waals surface area contributed by atoms with Gasteiger partial charge >= 0.3 is 18.3 Å². The Morgan fingerprint density at radius 1 is 0.833 bits per heavy atom. The Labute approximate surface area is 238 Å². The van der Waals surface area contributed by atoms with Gasteiger partial charge in [-0.05, 0) is 34.4 Å². The van der Waals surface area contributed by atoms with Crippen LogP contribution in [0.25, 0.3) is 11.1 Å². The third-order valence-electron chi connectivity index (χ3n) is 7.13. The molecule has 0 spiro atoms. The third-order valence-corrected chi connectivity index (χ3v) is 7.13. The standard InChI is InChI=1S/C29H29F6N3O4/c30-28(31,32)27(41,29(33,34)35)24-7-5-23(6-8-24)22-3-1-20(2-4-22)17-37-13-14-38(18-21-9-11-36-12-10-21)25(19-37)26(40)42-16-15-39/h1-12,25,39,41H,13-19H2. The molecule has 0 bridgehead atoms. The zero-order valence-electron chi connectivity index (χ0n) is 22.3. The molecule has 0 amide bonds. The van der Waals surface area contributed by atoms with Crippen LogP contribution >= 0.6 is 0 Å². The average Bonchev–Trinajstić information content (AvgIpc) is 2.96. The molecule has 0 aliphatic carbocycles. The summed E-state index contributed by atoms with van der Waals surface area (Å²) in [6.07, 6.45) is -8.55. The summed E-state index contributed by atoms with van der Waals surface area (Å²) in [5.41, 5.74) is -3.51. The molecule has 4 rings (SSSR count). The Hall–Kier alpha value is -3.52. The molecule has 2 N–H and O–H groups in total. The lowest BCUT2D eigenvalue weighted by Crippen LogP contribution is -2.56. The van der Waals surface area contributed by atoms with E-state index in [1.54, 1.807) is 36.7 Å². The van der Waals surface area contributed by atoms with Gasteiger partial charge in [-0.3, -0.25) is 19.6 Å². The number of ether oxygens (including phenoxy) is 1. The van der Waals surface area contributed by atoms with Crippen molar-refractivity contribution < 1.29 is 46.1 Å². The van der Waals surface area contributed by atoms with E-state index in [1.807, 2.05) is 17.0 Å². The van der Waals surface area contributed by atoms with Gasteiger partial charge in [0.2, 0.25) is 0 Å². The first kappa shape index (κ1) is 31.4. The van der Waals surface area contributed by atoms with Crippen LogP contribution in [-0.2, 0) is 28.2 Å². The highest BCUT2D eigenvalue weighted by Crippen LogP contribution is 2.50. The summed E-state index contributed by atoms with van der Waals surface area (Å²) in [5.74, 6) is -0.440. The molecule has 1 aliphatic rings. The predicted molar refractivity (Wildman–Crippen MR) is 140 cm³/mol. The number of benzene rings is 2.